The van der Waals surface area contributed by atoms with Crippen molar-refractivity contribution >= 4 is 65.6 Å². The van der Waals surface area contributed by atoms with Crippen LogP contribution in [0.25, 0.3) is 10.2 Å². The lowest BCUT2D eigenvalue weighted by atomic mass is 10.0. The highest BCUT2D eigenvalue weighted by Crippen LogP contribution is 2.37. The zero-order valence-electron chi connectivity index (χ0n) is 20.6. The number of piperidine rings is 1. The summed E-state index contributed by atoms with van der Waals surface area (Å²) in [6, 6.07) is 8.03. The van der Waals surface area contributed by atoms with Gasteiger partial charge in [0.2, 0.25) is 5.91 Å². The van der Waals surface area contributed by atoms with Crippen molar-refractivity contribution < 1.29 is 17.9 Å². The Morgan fingerprint density at radius 2 is 2.00 bits per heavy atom. The van der Waals surface area contributed by atoms with Crippen molar-refractivity contribution in [1.29, 1.82) is 0 Å². The zero-order valence-corrected chi connectivity index (χ0v) is 23.9. The Hall–Kier alpha value is -1.76. The van der Waals surface area contributed by atoms with Gasteiger partial charge in [0.15, 0.2) is 5.13 Å². The number of fused-ring (bicyclic) bond motifs is 1. The molecule has 0 spiro atoms. The van der Waals surface area contributed by atoms with Crippen LogP contribution in [0.3, 0.4) is 0 Å². The molecule has 3 heterocycles. The standard InChI is InChI=1S/C24H31ClN4O4S3/c1-4-33-18-10-7-11-19-22(18)26-24(34-19)28(15-8-14-27(2)3)23(30)17-9-5-6-16-29(17)36(31,32)21-13-12-20(25)35-21/h7,10-13,17H,4-6,8-9,14-16H2,1-3H3. The van der Waals surface area contributed by atoms with E-state index in [1.165, 1.54) is 21.7 Å². The van der Waals surface area contributed by atoms with Crippen molar-refractivity contribution in [2.45, 2.75) is 42.9 Å². The quantitative estimate of drug-likeness (QED) is 0.343. The second-order valence-corrected chi connectivity index (χ2v) is 13.7. The average Bonchev–Trinajstić information content (AvgIpc) is 3.49. The van der Waals surface area contributed by atoms with Gasteiger partial charge >= 0.3 is 0 Å². The lowest BCUT2D eigenvalue weighted by Gasteiger charge is -2.36. The van der Waals surface area contributed by atoms with Crippen LogP contribution in [0.15, 0.2) is 34.5 Å². The number of thiazole rings is 1. The van der Waals surface area contributed by atoms with E-state index < -0.39 is 16.1 Å². The second kappa shape index (κ2) is 11.7. The highest BCUT2D eigenvalue weighted by molar-refractivity contribution is 7.91. The number of hydrogen-bond donors (Lipinski definition) is 0. The molecule has 1 unspecified atom stereocenters. The number of carbonyl (C=O) groups is 1. The largest absolute Gasteiger partial charge is 0.492 e. The summed E-state index contributed by atoms with van der Waals surface area (Å²) in [5.41, 5.74) is 0.714. The fourth-order valence-electron chi connectivity index (χ4n) is 4.32. The average molecular weight is 571 g/mol. The highest BCUT2D eigenvalue weighted by Gasteiger charge is 2.41. The minimum absolute atomic E-state index is 0.160. The van der Waals surface area contributed by atoms with Gasteiger partial charge in [-0.3, -0.25) is 9.69 Å². The van der Waals surface area contributed by atoms with E-state index in [9.17, 15) is 13.2 Å². The van der Waals surface area contributed by atoms with Crippen molar-refractivity contribution in [2.24, 2.45) is 0 Å². The maximum atomic E-state index is 14.1. The predicted octanol–water partition coefficient (Wildman–Crippen LogP) is 4.94. The van der Waals surface area contributed by atoms with Crippen LogP contribution in [0, 0.1) is 0 Å². The smallest absolute Gasteiger partial charge is 0.253 e. The molecule has 0 N–H and O–H groups in total. The fourth-order valence-corrected chi connectivity index (χ4v) is 8.59. The van der Waals surface area contributed by atoms with Gasteiger partial charge in [-0.1, -0.05) is 35.4 Å². The van der Waals surface area contributed by atoms with Crippen LogP contribution in [0.4, 0.5) is 5.13 Å². The number of aromatic nitrogens is 1. The molecule has 1 aromatic carbocycles. The van der Waals surface area contributed by atoms with Gasteiger partial charge in [-0.2, -0.15) is 4.31 Å². The third-order valence-electron chi connectivity index (χ3n) is 6.00. The van der Waals surface area contributed by atoms with Crippen LogP contribution in [-0.4, -0.2) is 74.9 Å². The molecule has 1 fully saturated rings. The van der Waals surface area contributed by atoms with Crippen LogP contribution in [0.2, 0.25) is 4.34 Å². The van der Waals surface area contributed by atoms with Gasteiger partial charge < -0.3 is 9.64 Å². The molecule has 1 aliphatic heterocycles. The number of anilines is 1. The Bertz CT molecular complexity index is 1310. The Morgan fingerprint density at radius 1 is 1.19 bits per heavy atom. The van der Waals surface area contributed by atoms with Gasteiger partial charge in [0, 0.05) is 13.1 Å². The number of benzene rings is 1. The predicted molar refractivity (Wildman–Crippen MR) is 147 cm³/mol. The van der Waals surface area contributed by atoms with Crippen molar-refractivity contribution in [3.8, 4) is 5.75 Å². The lowest BCUT2D eigenvalue weighted by molar-refractivity contribution is -0.123. The third-order valence-corrected chi connectivity index (χ3v) is 10.7. The minimum Gasteiger partial charge on any atom is -0.492 e. The molecule has 0 aliphatic carbocycles. The summed E-state index contributed by atoms with van der Waals surface area (Å²) in [6.45, 7) is 3.96. The molecule has 1 aliphatic rings. The molecule has 4 rings (SSSR count). The van der Waals surface area contributed by atoms with Crippen molar-refractivity contribution in [1.82, 2.24) is 14.2 Å². The molecule has 2 aromatic heterocycles. The zero-order chi connectivity index (χ0) is 25.9. The van der Waals surface area contributed by atoms with Gasteiger partial charge in [0.05, 0.1) is 15.6 Å². The molecular weight excluding hydrogens is 540 g/mol. The first-order valence-electron chi connectivity index (χ1n) is 12.0. The first-order chi connectivity index (χ1) is 17.2. The lowest BCUT2D eigenvalue weighted by Crippen LogP contribution is -2.53. The minimum atomic E-state index is -3.85. The maximum Gasteiger partial charge on any atom is 0.253 e. The van der Waals surface area contributed by atoms with Crippen LogP contribution in [0.1, 0.15) is 32.6 Å². The topological polar surface area (TPSA) is 83.0 Å². The number of sulfonamides is 1. The van der Waals surface area contributed by atoms with Crippen molar-refractivity contribution in [3.63, 3.8) is 0 Å². The van der Waals surface area contributed by atoms with E-state index in [1.807, 2.05) is 39.2 Å². The van der Waals surface area contributed by atoms with E-state index in [-0.39, 0.29) is 10.1 Å². The number of amides is 1. The van der Waals surface area contributed by atoms with E-state index in [0.717, 1.165) is 35.4 Å². The van der Waals surface area contributed by atoms with E-state index in [0.29, 0.717) is 53.3 Å². The van der Waals surface area contributed by atoms with Gasteiger partial charge in [-0.15, -0.1) is 11.3 Å². The summed E-state index contributed by atoms with van der Waals surface area (Å²) in [7, 11) is 0.123. The Kier molecular flexibility index (Phi) is 8.90. The number of para-hydroxylation sites is 1. The summed E-state index contributed by atoms with van der Waals surface area (Å²) in [5.74, 6) is 0.436. The number of hydrogen-bond acceptors (Lipinski definition) is 8. The summed E-state index contributed by atoms with van der Waals surface area (Å²) >= 11 is 8.47. The molecule has 1 amide bonds. The number of carbonyl (C=O) groups excluding carboxylic acids is 1. The Balaban J connectivity index is 1.70. The molecule has 3 aromatic rings. The molecule has 1 saturated heterocycles. The van der Waals surface area contributed by atoms with Gasteiger partial charge in [0.1, 0.15) is 21.5 Å². The normalized spacial score (nSPS) is 17.1. The van der Waals surface area contributed by atoms with E-state index in [1.54, 1.807) is 11.0 Å². The fraction of sp³-hybridized carbons (Fsp3) is 0.500. The van der Waals surface area contributed by atoms with Crippen LogP contribution in [0.5, 0.6) is 5.75 Å². The number of rotatable bonds is 10. The molecule has 12 heteroatoms. The summed E-state index contributed by atoms with van der Waals surface area (Å²) in [6.07, 6.45) is 2.69. The molecule has 0 bridgehead atoms. The summed E-state index contributed by atoms with van der Waals surface area (Å²) in [4.78, 5) is 22.6. The number of ether oxygens (including phenoxy) is 1. The monoisotopic (exact) mass is 570 g/mol. The third kappa shape index (κ3) is 5.87. The molecule has 1 atom stereocenters. The first kappa shape index (κ1) is 27.3. The van der Waals surface area contributed by atoms with E-state index in [4.69, 9.17) is 21.3 Å². The number of halogens is 1. The number of thiophene rings is 1. The molecule has 0 radical (unpaired) electrons. The molecule has 0 saturated carbocycles. The van der Waals surface area contributed by atoms with Gasteiger partial charge in [-0.25, -0.2) is 13.4 Å². The van der Waals surface area contributed by atoms with E-state index >= 15 is 0 Å². The van der Waals surface area contributed by atoms with Crippen LogP contribution in [-0.2, 0) is 14.8 Å². The molecular formula is C24H31ClN4O4S3. The van der Waals surface area contributed by atoms with E-state index in [2.05, 4.69) is 4.90 Å². The van der Waals surface area contributed by atoms with Crippen molar-refractivity contribution in [3.05, 3.63) is 34.7 Å². The number of nitrogens with zero attached hydrogens (tertiary/aromatic N) is 4. The van der Waals surface area contributed by atoms with Crippen LogP contribution < -0.4 is 9.64 Å². The molecule has 8 nitrogen and oxygen atoms in total. The summed E-state index contributed by atoms with van der Waals surface area (Å²) < 4.78 is 35.6. The molecule has 196 valence electrons. The second-order valence-electron chi connectivity index (χ2n) is 8.86. The highest BCUT2D eigenvalue weighted by atomic mass is 35.5. The first-order valence-corrected chi connectivity index (χ1v) is 15.4. The Labute approximate surface area is 225 Å². The van der Waals surface area contributed by atoms with Gasteiger partial charge in [-0.05, 0) is 71.1 Å². The summed E-state index contributed by atoms with van der Waals surface area (Å²) in [5, 5.41) is 0.558. The van der Waals surface area contributed by atoms with Crippen LogP contribution >= 0.6 is 34.3 Å². The van der Waals surface area contributed by atoms with Gasteiger partial charge in [0.25, 0.3) is 10.0 Å². The maximum absolute atomic E-state index is 14.1. The SMILES string of the molecule is CCOc1cccc2sc(N(CCCN(C)C)C(=O)C3CCCCN3S(=O)(=O)c3ccc(Cl)s3)nc12. The van der Waals surface area contributed by atoms with Crippen molar-refractivity contribution in [2.75, 3.05) is 45.2 Å². The Morgan fingerprint density at radius 3 is 2.69 bits per heavy atom. The molecule has 36 heavy (non-hydrogen) atoms.